The predicted octanol–water partition coefficient (Wildman–Crippen LogP) is 3.75. The largest absolute Gasteiger partial charge is 0.348 e. The highest BCUT2D eigenvalue weighted by atomic mass is 32.1. The number of hydrogen-bond donors (Lipinski definition) is 0. The quantitative estimate of drug-likeness (QED) is 0.842. The SMILES string of the molecule is c1ccc2sc(N3CCC(N4CCCCC4)CC3)nc2c1. The van der Waals surface area contributed by atoms with Crippen LogP contribution in [0.1, 0.15) is 32.1 Å². The van der Waals surface area contributed by atoms with Gasteiger partial charge in [0.15, 0.2) is 5.13 Å². The van der Waals surface area contributed by atoms with Crippen LogP contribution in [0.25, 0.3) is 10.2 Å². The van der Waals surface area contributed by atoms with Gasteiger partial charge < -0.3 is 9.80 Å². The molecule has 2 aliphatic rings. The maximum atomic E-state index is 4.80. The fraction of sp³-hybridized carbons (Fsp3) is 0.588. The van der Waals surface area contributed by atoms with Crippen molar-refractivity contribution >= 4 is 26.7 Å². The molecule has 0 unspecified atom stereocenters. The normalized spacial score (nSPS) is 22.0. The summed E-state index contributed by atoms with van der Waals surface area (Å²) in [6, 6.07) is 9.30. The Morgan fingerprint density at radius 1 is 0.952 bits per heavy atom. The molecule has 21 heavy (non-hydrogen) atoms. The van der Waals surface area contributed by atoms with Crippen molar-refractivity contribution < 1.29 is 0 Å². The molecule has 2 aromatic rings. The Balaban J connectivity index is 1.42. The van der Waals surface area contributed by atoms with Crippen molar-refractivity contribution in [1.29, 1.82) is 0 Å². The molecule has 112 valence electrons. The Morgan fingerprint density at radius 2 is 1.71 bits per heavy atom. The summed E-state index contributed by atoms with van der Waals surface area (Å²) in [6.07, 6.45) is 6.84. The molecule has 0 aliphatic carbocycles. The maximum Gasteiger partial charge on any atom is 0.186 e. The van der Waals surface area contributed by atoms with Crippen LogP contribution in [0.4, 0.5) is 5.13 Å². The van der Waals surface area contributed by atoms with Gasteiger partial charge in [0.1, 0.15) is 0 Å². The summed E-state index contributed by atoms with van der Waals surface area (Å²) in [5.74, 6) is 0. The summed E-state index contributed by atoms with van der Waals surface area (Å²) in [5.41, 5.74) is 1.15. The molecule has 0 N–H and O–H groups in total. The van der Waals surface area contributed by atoms with Crippen LogP contribution in [0.15, 0.2) is 24.3 Å². The summed E-state index contributed by atoms with van der Waals surface area (Å²) in [5, 5.41) is 1.22. The average molecular weight is 301 g/mol. The number of likely N-dealkylation sites (tertiary alicyclic amines) is 1. The molecular weight excluding hydrogens is 278 g/mol. The minimum Gasteiger partial charge on any atom is -0.348 e. The number of nitrogens with zero attached hydrogens (tertiary/aromatic N) is 3. The van der Waals surface area contributed by atoms with E-state index in [-0.39, 0.29) is 0 Å². The second-order valence-electron chi connectivity index (χ2n) is 6.28. The van der Waals surface area contributed by atoms with Crippen molar-refractivity contribution in [1.82, 2.24) is 9.88 Å². The van der Waals surface area contributed by atoms with Crippen molar-refractivity contribution in [2.75, 3.05) is 31.1 Å². The lowest BCUT2D eigenvalue weighted by molar-refractivity contribution is 0.141. The number of thiazole rings is 1. The number of fused-ring (bicyclic) bond motifs is 1. The first-order chi connectivity index (χ1) is 10.4. The first kappa shape index (κ1) is 13.5. The molecule has 1 aromatic heterocycles. The molecule has 3 heterocycles. The van der Waals surface area contributed by atoms with Crippen molar-refractivity contribution in [2.45, 2.75) is 38.1 Å². The minimum absolute atomic E-state index is 0.816. The molecule has 2 aliphatic heterocycles. The van der Waals surface area contributed by atoms with Crippen LogP contribution in [0, 0.1) is 0 Å². The highest BCUT2D eigenvalue weighted by molar-refractivity contribution is 7.22. The standard InChI is InChI=1S/C17H23N3S/c1-4-10-19(11-5-1)14-8-12-20(13-9-14)17-18-15-6-2-3-7-16(15)21-17/h2-3,6-7,14H,1,4-5,8-13H2. The van der Waals surface area contributed by atoms with Crippen LogP contribution in [-0.2, 0) is 0 Å². The summed E-state index contributed by atoms with van der Waals surface area (Å²) in [4.78, 5) is 10.0. The van der Waals surface area contributed by atoms with Crippen molar-refractivity contribution in [3.8, 4) is 0 Å². The van der Waals surface area contributed by atoms with E-state index in [4.69, 9.17) is 4.98 Å². The molecular formula is C17H23N3S. The number of rotatable bonds is 2. The zero-order valence-corrected chi connectivity index (χ0v) is 13.3. The highest BCUT2D eigenvalue weighted by Crippen LogP contribution is 2.31. The third kappa shape index (κ3) is 2.79. The summed E-state index contributed by atoms with van der Waals surface area (Å²) >= 11 is 1.84. The van der Waals surface area contributed by atoms with Crippen LogP contribution in [0.3, 0.4) is 0 Å². The van der Waals surface area contributed by atoms with Gasteiger partial charge in [0, 0.05) is 19.1 Å². The molecule has 4 heteroatoms. The Morgan fingerprint density at radius 3 is 2.48 bits per heavy atom. The molecule has 0 spiro atoms. The van der Waals surface area contributed by atoms with Crippen LogP contribution in [-0.4, -0.2) is 42.1 Å². The van der Waals surface area contributed by atoms with E-state index in [2.05, 4.69) is 34.1 Å². The predicted molar refractivity (Wildman–Crippen MR) is 90.3 cm³/mol. The number of piperidine rings is 2. The molecule has 0 bridgehead atoms. The van der Waals surface area contributed by atoms with Gasteiger partial charge in [0.25, 0.3) is 0 Å². The van der Waals surface area contributed by atoms with Crippen LogP contribution in [0.5, 0.6) is 0 Å². The van der Waals surface area contributed by atoms with E-state index in [0.29, 0.717) is 0 Å². The van der Waals surface area contributed by atoms with E-state index < -0.39 is 0 Å². The van der Waals surface area contributed by atoms with Gasteiger partial charge in [-0.2, -0.15) is 0 Å². The molecule has 3 nitrogen and oxygen atoms in total. The molecule has 1 aromatic carbocycles. The minimum atomic E-state index is 0.816. The highest BCUT2D eigenvalue weighted by Gasteiger charge is 2.26. The van der Waals surface area contributed by atoms with Gasteiger partial charge in [-0.05, 0) is 50.9 Å². The molecule has 0 amide bonds. The van der Waals surface area contributed by atoms with E-state index in [1.807, 2.05) is 11.3 Å². The van der Waals surface area contributed by atoms with Crippen molar-refractivity contribution in [2.24, 2.45) is 0 Å². The van der Waals surface area contributed by atoms with E-state index >= 15 is 0 Å². The molecule has 0 saturated carbocycles. The van der Waals surface area contributed by atoms with E-state index in [9.17, 15) is 0 Å². The smallest absolute Gasteiger partial charge is 0.186 e. The average Bonchev–Trinajstić information content (AvgIpc) is 3.00. The summed E-state index contributed by atoms with van der Waals surface area (Å²) in [7, 11) is 0. The molecule has 4 rings (SSSR count). The van der Waals surface area contributed by atoms with Gasteiger partial charge in [0.05, 0.1) is 10.2 Å². The second kappa shape index (κ2) is 5.93. The van der Waals surface area contributed by atoms with E-state index in [0.717, 1.165) is 11.6 Å². The van der Waals surface area contributed by atoms with Crippen LogP contribution in [0.2, 0.25) is 0 Å². The van der Waals surface area contributed by atoms with E-state index in [1.54, 1.807) is 0 Å². The Labute approximate surface area is 130 Å². The molecule has 2 fully saturated rings. The lowest BCUT2D eigenvalue weighted by Crippen LogP contribution is -2.46. The maximum absolute atomic E-state index is 4.80. The summed E-state index contributed by atoms with van der Waals surface area (Å²) < 4.78 is 1.31. The first-order valence-corrected chi connectivity index (χ1v) is 9.06. The number of benzene rings is 1. The van der Waals surface area contributed by atoms with Crippen molar-refractivity contribution in [3.05, 3.63) is 24.3 Å². The fourth-order valence-electron chi connectivity index (χ4n) is 3.70. The molecule has 0 atom stereocenters. The van der Waals surface area contributed by atoms with Gasteiger partial charge in [-0.1, -0.05) is 29.9 Å². The lowest BCUT2D eigenvalue weighted by Gasteiger charge is -2.40. The number of para-hydroxylation sites is 1. The van der Waals surface area contributed by atoms with Gasteiger partial charge in [-0.25, -0.2) is 4.98 Å². The Kier molecular flexibility index (Phi) is 3.82. The number of anilines is 1. The Bertz CT molecular complexity index is 562. The van der Waals surface area contributed by atoms with Crippen molar-refractivity contribution in [3.63, 3.8) is 0 Å². The number of hydrogen-bond acceptors (Lipinski definition) is 4. The topological polar surface area (TPSA) is 19.4 Å². The van der Waals surface area contributed by atoms with E-state index in [1.165, 1.54) is 68.1 Å². The Hall–Kier alpha value is -1.13. The van der Waals surface area contributed by atoms with Crippen LogP contribution >= 0.6 is 11.3 Å². The molecule has 2 saturated heterocycles. The van der Waals surface area contributed by atoms with Crippen LogP contribution < -0.4 is 4.90 Å². The fourth-order valence-corrected chi connectivity index (χ4v) is 4.72. The van der Waals surface area contributed by atoms with Gasteiger partial charge in [-0.15, -0.1) is 0 Å². The third-order valence-corrected chi connectivity index (χ3v) is 6.02. The second-order valence-corrected chi connectivity index (χ2v) is 7.29. The van der Waals surface area contributed by atoms with Gasteiger partial charge >= 0.3 is 0 Å². The lowest BCUT2D eigenvalue weighted by atomic mass is 10.0. The number of aromatic nitrogens is 1. The first-order valence-electron chi connectivity index (χ1n) is 8.25. The van der Waals surface area contributed by atoms with Gasteiger partial charge in [0.2, 0.25) is 0 Å². The monoisotopic (exact) mass is 301 g/mol. The van der Waals surface area contributed by atoms with Gasteiger partial charge in [-0.3, -0.25) is 0 Å². The zero-order chi connectivity index (χ0) is 14.1. The zero-order valence-electron chi connectivity index (χ0n) is 12.5. The summed E-state index contributed by atoms with van der Waals surface area (Å²) in [6.45, 7) is 4.99. The third-order valence-electron chi connectivity index (χ3n) is 4.92. The molecule has 0 radical (unpaired) electrons.